The third-order valence-electron chi connectivity index (χ3n) is 3.57. The molecule has 100 valence electrons. The smallest absolute Gasteiger partial charge is 0.120 e. The molecular weight excluding hydrogens is 228 g/mol. The summed E-state index contributed by atoms with van der Waals surface area (Å²) >= 11 is 0. The molecule has 0 saturated carbocycles. The fourth-order valence-electron chi connectivity index (χ4n) is 2.21. The number of nitrogens with one attached hydrogen (secondary N) is 1. The van der Waals surface area contributed by atoms with Gasteiger partial charge < -0.3 is 19.7 Å². The minimum atomic E-state index is 0.231. The molecule has 0 spiro atoms. The number of hydrogen-bond acceptors (Lipinski definition) is 4. The third-order valence-corrected chi connectivity index (χ3v) is 3.57. The summed E-state index contributed by atoms with van der Waals surface area (Å²) in [5.41, 5.74) is 1.15. The predicted octanol–water partition coefficient (Wildman–Crippen LogP) is 1.51. The van der Waals surface area contributed by atoms with E-state index in [0.717, 1.165) is 31.1 Å². The molecule has 2 atom stereocenters. The minimum Gasteiger partial charge on any atom is -0.497 e. The highest BCUT2D eigenvalue weighted by Gasteiger charge is 2.24. The van der Waals surface area contributed by atoms with Crippen LogP contribution in [0.5, 0.6) is 5.75 Å². The Morgan fingerprint density at radius 2 is 2.33 bits per heavy atom. The van der Waals surface area contributed by atoms with Gasteiger partial charge in [-0.25, -0.2) is 0 Å². The van der Waals surface area contributed by atoms with Crippen LogP contribution in [-0.4, -0.2) is 46.0 Å². The van der Waals surface area contributed by atoms with Crippen molar-refractivity contribution in [2.45, 2.75) is 19.1 Å². The van der Waals surface area contributed by atoms with Crippen molar-refractivity contribution in [1.29, 1.82) is 0 Å². The van der Waals surface area contributed by atoms with Gasteiger partial charge in [-0.1, -0.05) is 6.07 Å². The first-order valence-electron chi connectivity index (χ1n) is 6.41. The van der Waals surface area contributed by atoms with Gasteiger partial charge in [-0.2, -0.15) is 0 Å². The van der Waals surface area contributed by atoms with E-state index in [2.05, 4.69) is 30.3 Å². The lowest BCUT2D eigenvalue weighted by Gasteiger charge is -2.35. The Morgan fingerprint density at radius 1 is 1.50 bits per heavy atom. The summed E-state index contributed by atoms with van der Waals surface area (Å²) in [7, 11) is 3.79. The van der Waals surface area contributed by atoms with Crippen LogP contribution in [0.15, 0.2) is 24.3 Å². The van der Waals surface area contributed by atoms with Gasteiger partial charge in [-0.15, -0.1) is 0 Å². The van der Waals surface area contributed by atoms with Crippen LogP contribution < -0.4 is 15.0 Å². The van der Waals surface area contributed by atoms with E-state index in [-0.39, 0.29) is 6.10 Å². The average molecular weight is 250 g/mol. The first kappa shape index (κ1) is 13.2. The Hall–Kier alpha value is -1.26. The quantitative estimate of drug-likeness (QED) is 0.878. The summed E-state index contributed by atoms with van der Waals surface area (Å²) in [5, 5.41) is 3.37. The summed E-state index contributed by atoms with van der Waals surface area (Å²) in [4.78, 5) is 2.24. The molecule has 4 heteroatoms. The first-order valence-corrected chi connectivity index (χ1v) is 6.41. The van der Waals surface area contributed by atoms with Gasteiger partial charge in [0.2, 0.25) is 0 Å². The van der Waals surface area contributed by atoms with Gasteiger partial charge in [0, 0.05) is 31.9 Å². The predicted molar refractivity (Wildman–Crippen MR) is 73.5 cm³/mol. The third kappa shape index (κ3) is 2.94. The van der Waals surface area contributed by atoms with Crippen LogP contribution in [0.1, 0.15) is 6.92 Å². The van der Waals surface area contributed by atoms with E-state index in [1.165, 1.54) is 0 Å². The molecule has 1 fully saturated rings. The van der Waals surface area contributed by atoms with Crippen LogP contribution >= 0.6 is 0 Å². The van der Waals surface area contributed by atoms with Crippen molar-refractivity contribution in [2.75, 3.05) is 38.8 Å². The highest BCUT2D eigenvalue weighted by atomic mass is 16.5. The maximum atomic E-state index is 5.80. The number of ether oxygens (including phenoxy) is 2. The van der Waals surface area contributed by atoms with Crippen molar-refractivity contribution in [2.24, 2.45) is 0 Å². The van der Waals surface area contributed by atoms with Gasteiger partial charge in [0.15, 0.2) is 0 Å². The van der Waals surface area contributed by atoms with Crippen LogP contribution in [-0.2, 0) is 4.74 Å². The van der Waals surface area contributed by atoms with Crippen molar-refractivity contribution in [1.82, 2.24) is 5.32 Å². The van der Waals surface area contributed by atoms with Gasteiger partial charge in [0.05, 0.1) is 25.9 Å². The molecule has 0 aromatic heterocycles. The topological polar surface area (TPSA) is 33.7 Å². The Kier molecular flexibility index (Phi) is 4.44. The molecule has 18 heavy (non-hydrogen) atoms. The lowest BCUT2D eigenvalue weighted by molar-refractivity contribution is 0.0153. The molecule has 1 aromatic carbocycles. The van der Waals surface area contributed by atoms with Crippen molar-refractivity contribution in [3.8, 4) is 5.75 Å². The lowest BCUT2D eigenvalue weighted by Crippen LogP contribution is -2.50. The van der Waals surface area contributed by atoms with E-state index < -0.39 is 0 Å². The van der Waals surface area contributed by atoms with E-state index in [0.29, 0.717) is 6.04 Å². The van der Waals surface area contributed by atoms with Gasteiger partial charge in [0.1, 0.15) is 5.75 Å². The second-order valence-corrected chi connectivity index (χ2v) is 4.67. The molecular formula is C14H22N2O2. The first-order chi connectivity index (χ1) is 8.72. The van der Waals surface area contributed by atoms with Crippen LogP contribution in [0.4, 0.5) is 5.69 Å². The molecule has 2 unspecified atom stereocenters. The van der Waals surface area contributed by atoms with Gasteiger partial charge in [0.25, 0.3) is 0 Å². The molecule has 1 N–H and O–H groups in total. The zero-order valence-electron chi connectivity index (χ0n) is 11.3. The average Bonchev–Trinajstić information content (AvgIpc) is 2.46. The molecule has 1 aromatic rings. The molecule has 2 rings (SSSR count). The van der Waals surface area contributed by atoms with Crippen LogP contribution in [0, 0.1) is 0 Å². The van der Waals surface area contributed by atoms with E-state index in [1.807, 2.05) is 18.2 Å². The molecule has 0 bridgehead atoms. The number of anilines is 1. The molecule has 1 heterocycles. The molecule has 0 aliphatic carbocycles. The highest BCUT2D eigenvalue weighted by Crippen LogP contribution is 2.23. The van der Waals surface area contributed by atoms with E-state index in [4.69, 9.17) is 9.47 Å². The second-order valence-electron chi connectivity index (χ2n) is 4.67. The zero-order valence-corrected chi connectivity index (χ0v) is 11.3. The fourth-order valence-corrected chi connectivity index (χ4v) is 2.21. The minimum absolute atomic E-state index is 0.231. The van der Waals surface area contributed by atoms with E-state index in [9.17, 15) is 0 Å². The summed E-state index contributed by atoms with van der Waals surface area (Å²) in [6.45, 7) is 4.85. The summed E-state index contributed by atoms with van der Waals surface area (Å²) < 4.78 is 11.1. The van der Waals surface area contributed by atoms with Crippen molar-refractivity contribution >= 4 is 5.69 Å². The monoisotopic (exact) mass is 250 g/mol. The largest absolute Gasteiger partial charge is 0.497 e. The Morgan fingerprint density at radius 3 is 3.00 bits per heavy atom. The van der Waals surface area contributed by atoms with Gasteiger partial charge >= 0.3 is 0 Å². The molecule has 0 radical (unpaired) electrons. The SMILES string of the molecule is COc1cccc(N(C)C(C)C2CNCCO2)c1. The maximum absolute atomic E-state index is 5.80. The molecule has 1 aliphatic rings. The van der Waals surface area contributed by atoms with Crippen LogP contribution in [0.2, 0.25) is 0 Å². The molecule has 4 nitrogen and oxygen atoms in total. The Balaban J connectivity index is 2.06. The summed E-state index contributed by atoms with van der Waals surface area (Å²) in [6, 6.07) is 8.44. The number of likely N-dealkylation sites (N-methyl/N-ethyl adjacent to an activating group) is 1. The maximum Gasteiger partial charge on any atom is 0.120 e. The summed E-state index contributed by atoms with van der Waals surface area (Å²) in [6.07, 6.45) is 0.231. The van der Waals surface area contributed by atoms with Crippen LogP contribution in [0.3, 0.4) is 0 Å². The molecule has 1 aliphatic heterocycles. The van der Waals surface area contributed by atoms with Crippen molar-refractivity contribution < 1.29 is 9.47 Å². The number of hydrogen-bond donors (Lipinski definition) is 1. The number of methoxy groups -OCH3 is 1. The van der Waals surface area contributed by atoms with Gasteiger partial charge in [-0.3, -0.25) is 0 Å². The number of nitrogens with zero attached hydrogens (tertiary/aromatic N) is 1. The number of rotatable bonds is 4. The highest BCUT2D eigenvalue weighted by molar-refractivity contribution is 5.51. The normalized spacial score (nSPS) is 21.4. The van der Waals surface area contributed by atoms with E-state index >= 15 is 0 Å². The standard InChI is InChI=1S/C14H22N2O2/c1-11(14-10-15-7-8-18-14)16(2)12-5-4-6-13(9-12)17-3/h4-6,9,11,14-15H,7-8,10H2,1-3H3. The van der Waals surface area contributed by atoms with E-state index in [1.54, 1.807) is 7.11 Å². The molecule has 0 amide bonds. The fraction of sp³-hybridized carbons (Fsp3) is 0.571. The summed E-state index contributed by atoms with van der Waals surface area (Å²) in [5.74, 6) is 0.884. The number of morpholine rings is 1. The number of benzene rings is 1. The Bertz CT molecular complexity index is 378. The molecule has 1 saturated heterocycles. The van der Waals surface area contributed by atoms with Crippen LogP contribution in [0.25, 0.3) is 0 Å². The second kappa shape index (κ2) is 6.07. The van der Waals surface area contributed by atoms with Crippen molar-refractivity contribution in [3.63, 3.8) is 0 Å². The Labute approximate surface area is 109 Å². The van der Waals surface area contributed by atoms with Gasteiger partial charge in [-0.05, 0) is 19.1 Å². The van der Waals surface area contributed by atoms with Crippen molar-refractivity contribution in [3.05, 3.63) is 24.3 Å². The lowest BCUT2D eigenvalue weighted by atomic mass is 10.1. The zero-order chi connectivity index (χ0) is 13.0.